The molecule has 1 aromatic rings. The normalized spacial score (nSPS) is 26.8. The lowest BCUT2D eigenvalue weighted by Gasteiger charge is -2.33. The van der Waals surface area contributed by atoms with Gasteiger partial charge in [-0.25, -0.2) is 0 Å². The first-order chi connectivity index (χ1) is 33.6. The van der Waals surface area contributed by atoms with Crippen molar-refractivity contribution in [2.24, 2.45) is 34.0 Å². The molecule has 1 aliphatic heterocycles. The highest BCUT2D eigenvalue weighted by Gasteiger charge is 2.40. The molecule has 1 heterocycles. The summed E-state index contributed by atoms with van der Waals surface area (Å²) in [5, 5.41) is 64.3. The Labute approximate surface area is 420 Å². The molecule has 2 rings (SSSR count). The number of aliphatic hydroxyl groups excluding tert-OH is 4. The van der Waals surface area contributed by atoms with Crippen molar-refractivity contribution in [2.45, 2.75) is 146 Å². The summed E-state index contributed by atoms with van der Waals surface area (Å²) in [6.07, 6.45) is -2.83. The fraction of sp³-hybridized carbons (Fsp3) is 0.644. The number of rotatable bonds is 14. The van der Waals surface area contributed by atoms with Crippen LogP contribution >= 0.6 is 0 Å². The zero-order valence-corrected chi connectivity index (χ0v) is 43.2. The monoisotopic (exact) mass is 1040 g/mol. The van der Waals surface area contributed by atoms with Crippen molar-refractivity contribution < 1.29 is 63.6 Å². The summed E-state index contributed by atoms with van der Waals surface area (Å²) in [4.78, 5) is 129. The van der Waals surface area contributed by atoms with Gasteiger partial charge in [0.05, 0.1) is 38.0 Å². The second-order valence-electron chi connectivity index (χ2n) is 19.3. The Bertz CT molecular complexity index is 2060. The second kappa shape index (κ2) is 29.3. The summed E-state index contributed by atoms with van der Waals surface area (Å²) >= 11 is 0. The third kappa shape index (κ3) is 19.7. The molecule has 1 aromatic carbocycles. The molecule has 12 atom stereocenters. The molecule has 404 valence electrons. The number of nitrogens with one attached hydrogen (secondary N) is 9. The van der Waals surface area contributed by atoms with E-state index in [9.17, 15) is 63.6 Å². The molecule has 1 saturated heterocycles. The van der Waals surface area contributed by atoms with E-state index in [1.54, 1.807) is 45.9 Å². The lowest BCUT2D eigenvalue weighted by molar-refractivity contribution is -0.137. The van der Waals surface area contributed by atoms with E-state index in [0.717, 1.165) is 0 Å². The van der Waals surface area contributed by atoms with Crippen LogP contribution in [0.15, 0.2) is 35.3 Å². The Morgan fingerprint density at radius 3 is 1.69 bits per heavy atom. The average Bonchev–Trinajstić information content (AvgIpc) is 3.32. The summed E-state index contributed by atoms with van der Waals surface area (Å²) < 4.78 is 0. The van der Waals surface area contributed by atoms with Crippen LogP contribution < -0.4 is 65.1 Å². The number of hydrogen-bond acceptors (Lipinski definition) is 15. The molecule has 0 radical (unpaired) electrons. The smallest absolute Gasteiger partial charge is 0.245 e. The van der Waals surface area contributed by atoms with Gasteiger partial charge in [0.2, 0.25) is 53.2 Å². The Morgan fingerprint density at radius 1 is 0.653 bits per heavy atom. The minimum Gasteiger partial charge on any atom is -0.394 e. The van der Waals surface area contributed by atoms with Crippen molar-refractivity contribution in [1.82, 2.24) is 47.9 Å². The van der Waals surface area contributed by atoms with Gasteiger partial charge in [0, 0.05) is 14.6 Å². The number of benzene rings is 1. The van der Waals surface area contributed by atoms with Crippen LogP contribution in [0, 0.1) is 11.8 Å². The first-order valence-corrected chi connectivity index (χ1v) is 27.5. The number of nitrogens with zero attached hydrogens (tertiary/aromatic N) is 1. The van der Waals surface area contributed by atoms with Gasteiger partial charge in [0.25, 0.3) is 0 Å². The van der Waals surface area contributed by atoms with Crippen LogP contribution in [0.3, 0.4) is 0 Å². The molecule has 1 unspecified atom stereocenters. The van der Waals surface area contributed by atoms with Crippen molar-refractivity contribution in [2.75, 3.05) is 26.3 Å². The number of nitrogens with two attached hydrogens (primary N) is 3. The molecule has 19 N–H and O–H groups in total. The van der Waals surface area contributed by atoms with E-state index in [4.69, 9.17) is 17.2 Å². The predicted octanol–water partition coefficient (Wildman–Crippen LogP) is -5.49. The average molecular weight is 1040 g/mol. The van der Waals surface area contributed by atoms with Gasteiger partial charge < -0.3 is 85.5 Å². The third-order valence-electron chi connectivity index (χ3n) is 11.7. The summed E-state index contributed by atoms with van der Waals surface area (Å²) in [7, 11) is -2.32. The zero-order chi connectivity index (χ0) is 54.6. The molecule has 26 nitrogen and oxygen atoms in total. The molecular formula is C45H77N13O13Si. The van der Waals surface area contributed by atoms with Crippen molar-refractivity contribution in [1.29, 1.82) is 0 Å². The maximum absolute atomic E-state index is 14.4. The minimum atomic E-state index is -2.32. The highest BCUT2D eigenvalue weighted by Crippen LogP contribution is 2.19. The molecule has 0 saturated carbocycles. The van der Waals surface area contributed by atoms with E-state index < -0.39 is 159 Å². The number of hydrogen-bond donors (Lipinski definition) is 16. The van der Waals surface area contributed by atoms with Gasteiger partial charge in [-0.1, -0.05) is 84.1 Å². The van der Waals surface area contributed by atoms with E-state index in [0.29, 0.717) is 6.42 Å². The van der Waals surface area contributed by atoms with E-state index >= 15 is 0 Å². The fourth-order valence-electron chi connectivity index (χ4n) is 7.30. The van der Waals surface area contributed by atoms with Crippen LogP contribution in [0.2, 0.25) is 25.7 Å². The number of guanidine groups is 1. The molecule has 0 spiro atoms. The first-order valence-electron chi connectivity index (χ1n) is 23.8. The predicted molar refractivity (Wildman–Crippen MR) is 266 cm³/mol. The second-order valence-corrected chi connectivity index (χ2v) is 24.9. The molecule has 1 aliphatic rings. The van der Waals surface area contributed by atoms with Crippen LogP contribution in [0.25, 0.3) is 0 Å². The van der Waals surface area contributed by atoms with E-state index in [1.165, 1.54) is 19.1 Å². The highest BCUT2D eigenvalue weighted by molar-refractivity contribution is 6.76. The van der Waals surface area contributed by atoms with Crippen molar-refractivity contribution >= 4 is 67.2 Å². The molecule has 72 heavy (non-hydrogen) atoms. The molecule has 0 aromatic heterocycles. The fourth-order valence-corrected chi connectivity index (χ4v) is 8.81. The number of carbonyl (C=O) groups excluding carboxylic acids is 9. The van der Waals surface area contributed by atoms with E-state index in [1.807, 2.05) is 19.6 Å². The van der Waals surface area contributed by atoms with Gasteiger partial charge >= 0.3 is 0 Å². The summed E-state index contributed by atoms with van der Waals surface area (Å²) in [5.74, 6) is -10.6. The van der Waals surface area contributed by atoms with Gasteiger partial charge in [0.1, 0.15) is 48.3 Å². The lowest BCUT2D eigenvalue weighted by Crippen LogP contribution is -2.64. The third-order valence-corrected chi connectivity index (χ3v) is 13.3. The number of aliphatic imine (C=N–C) groups is 1. The Balaban J connectivity index is 2.82. The molecule has 0 aliphatic carbocycles. The lowest BCUT2D eigenvalue weighted by atomic mass is 9.95. The molecule has 1 fully saturated rings. The van der Waals surface area contributed by atoms with Crippen LogP contribution in [-0.2, 0) is 43.2 Å². The van der Waals surface area contributed by atoms with Gasteiger partial charge in [-0.3, -0.25) is 48.1 Å². The summed E-state index contributed by atoms with van der Waals surface area (Å²) in [5.41, 5.74) is 17.8. The Kier molecular flexibility index (Phi) is 25.2. The van der Waals surface area contributed by atoms with Gasteiger partial charge in [-0.2, -0.15) is 0 Å². The van der Waals surface area contributed by atoms with Gasteiger partial charge in [-0.15, -0.1) is 0 Å². The summed E-state index contributed by atoms with van der Waals surface area (Å²) in [6, 6.07) is -6.46. The van der Waals surface area contributed by atoms with E-state index in [-0.39, 0.29) is 37.0 Å². The SMILES string of the molecule is CC[C@H](C)[C@@H]1NC(=O)[C@@H](CCCN=C(N)N)NC(=O)[C@H](C[Si](C)(C)C)NC(=O)[C@H]([C@H](O)C(C)C)NC(=O)[C@@H](N)[C@@H](c2ccccc2)NC(=O)C(CO)NC(=O)[C@H](CO)NC(=O)CNC(=O)[C@H]([C@H](C)O)NC1=O. The Hall–Kier alpha value is -6.26. The van der Waals surface area contributed by atoms with Crippen molar-refractivity contribution in [3.05, 3.63) is 35.9 Å². The number of carbonyl (C=O) groups is 9. The maximum Gasteiger partial charge on any atom is 0.245 e. The first kappa shape index (κ1) is 61.9. The van der Waals surface area contributed by atoms with Crippen molar-refractivity contribution in [3.8, 4) is 0 Å². The zero-order valence-electron chi connectivity index (χ0n) is 42.2. The Morgan fingerprint density at radius 2 is 1.15 bits per heavy atom. The van der Waals surface area contributed by atoms with Crippen LogP contribution in [0.1, 0.15) is 65.5 Å². The topological polar surface area (TPSA) is 433 Å². The molecule has 27 heteroatoms. The van der Waals surface area contributed by atoms with Crippen LogP contribution in [0.4, 0.5) is 0 Å². The van der Waals surface area contributed by atoms with Gasteiger partial charge in [0.15, 0.2) is 5.96 Å². The van der Waals surface area contributed by atoms with Crippen molar-refractivity contribution in [3.63, 3.8) is 0 Å². The molecule has 0 bridgehead atoms. The highest BCUT2D eigenvalue weighted by atomic mass is 28.3. The quantitative estimate of drug-likeness (QED) is 0.0358. The number of amides is 9. The largest absolute Gasteiger partial charge is 0.394 e. The number of aliphatic hydroxyl groups is 4. The van der Waals surface area contributed by atoms with Crippen LogP contribution in [-0.4, -0.2) is 174 Å². The molecular weight excluding hydrogens is 959 g/mol. The van der Waals surface area contributed by atoms with E-state index in [2.05, 4.69) is 52.8 Å². The van der Waals surface area contributed by atoms with Crippen LogP contribution in [0.5, 0.6) is 0 Å². The van der Waals surface area contributed by atoms with Gasteiger partial charge in [-0.05, 0) is 43.2 Å². The minimum absolute atomic E-state index is 0.0246. The summed E-state index contributed by atoms with van der Waals surface area (Å²) in [6.45, 7) is 10.5. The molecule has 9 amide bonds. The maximum atomic E-state index is 14.4. The standard InChI is InChI=1S/C45H77N13O13Si/c1-9-23(4)32-43(70)56-33(24(5)61)42(69)50-18-30(62)51-27(19-59)38(65)53-28(20-60)39(66)57-34(25-14-11-10-12-15-25)31(46)41(68)58-35(36(63)22(2)3)44(71)54-29(21-72(6,7)8)40(67)52-26(37(64)55-32)16-13-17-49-45(47)48/h10-12,14-15,22-24,26-29,31-36,59-61,63H,9,13,16-21,46H2,1-8H3,(H,50,69)(H,51,62)(H,52,67)(H,53,65)(H,54,71)(H,55,64)(H,56,70)(H,57,66)(H,58,68)(H4,47,48,49)/t23-,24-,26+,27-,28?,29-,31-,32-,33-,34+,35-,36+/m0/s1.